The Labute approximate surface area is 149 Å². The molecule has 0 bridgehead atoms. The van der Waals surface area contributed by atoms with Gasteiger partial charge in [0.15, 0.2) is 0 Å². The summed E-state index contributed by atoms with van der Waals surface area (Å²) in [5, 5.41) is 4.21. The summed E-state index contributed by atoms with van der Waals surface area (Å²) in [6, 6.07) is 6.09. The monoisotopic (exact) mass is 358 g/mol. The van der Waals surface area contributed by atoms with Gasteiger partial charge in [0.2, 0.25) is 11.8 Å². The Morgan fingerprint density at radius 3 is 2.64 bits per heavy atom. The highest BCUT2D eigenvalue weighted by Gasteiger charge is 2.11. The average molecular weight is 358 g/mol. The van der Waals surface area contributed by atoms with Crippen molar-refractivity contribution in [2.24, 2.45) is 0 Å². The van der Waals surface area contributed by atoms with Gasteiger partial charge >= 0.3 is 0 Å². The van der Waals surface area contributed by atoms with E-state index in [9.17, 15) is 4.39 Å². The minimum Gasteiger partial charge on any atom is -0.479 e. The molecule has 0 atom stereocenters. The van der Waals surface area contributed by atoms with Crippen LogP contribution in [0.4, 0.5) is 16.0 Å². The maximum atomic E-state index is 13.4. The third kappa shape index (κ3) is 3.93. The summed E-state index contributed by atoms with van der Waals surface area (Å²) < 4.78 is 18.3. The molecule has 7 heteroatoms. The standard InChI is InChI=1S/C18H19FN4OS/c1-10(2)17-20-9-15(25-17)12-5-11(3)6-13(7-12)22-18-21-8-14(19)16(23-18)24-4/h5-10H,1-4H3,(H,21,22,23). The number of rotatable bonds is 5. The number of halogens is 1. The predicted molar refractivity (Wildman–Crippen MR) is 98.2 cm³/mol. The average Bonchev–Trinajstić information content (AvgIpc) is 3.06. The van der Waals surface area contributed by atoms with Gasteiger partial charge in [-0.3, -0.25) is 0 Å². The van der Waals surface area contributed by atoms with E-state index in [0.29, 0.717) is 5.92 Å². The summed E-state index contributed by atoms with van der Waals surface area (Å²) in [6.45, 7) is 6.28. The topological polar surface area (TPSA) is 59.9 Å². The number of hydrogen-bond donors (Lipinski definition) is 1. The molecule has 0 aliphatic heterocycles. The minimum atomic E-state index is -0.594. The SMILES string of the molecule is COc1nc(Nc2cc(C)cc(-c3cnc(C(C)C)s3)c2)ncc1F. The van der Waals surface area contributed by atoms with Crippen molar-refractivity contribution in [3.8, 4) is 16.3 Å². The van der Waals surface area contributed by atoms with Crippen LogP contribution < -0.4 is 10.1 Å². The van der Waals surface area contributed by atoms with Crippen molar-refractivity contribution >= 4 is 23.0 Å². The molecule has 0 saturated heterocycles. The molecule has 0 aliphatic carbocycles. The fourth-order valence-electron chi connectivity index (χ4n) is 2.37. The highest BCUT2D eigenvalue weighted by atomic mass is 32.1. The Hall–Kier alpha value is -2.54. The molecule has 0 fully saturated rings. The summed E-state index contributed by atoms with van der Waals surface area (Å²) in [4.78, 5) is 13.6. The molecule has 3 rings (SSSR count). The molecule has 1 aromatic carbocycles. The van der Waals surface area contributed by atoms with Crippen LogP contribution in [0.3, 0.4) is 0 Å². The van der Waals surface area contributed by atoms with Gasteiger partial charge in [0.1, 0.15) is 0 Å². The number of aromatic nitrogens is 3. The van der Waals surface area contributed by atoms with Crippen LogP contribution >= 0.6 is 11.3 Å². The van der Waals surface area contributed by atoms with Crippen molar-refractivity contribution in [2.45, 2.75) is 26.7 Å². The van der Waals surface area contributed by atoms with Gasteiger partial charge in [-0.25, -0.2) is 9.97 Å². The van der Waals surface area contributed by atoms with Gasteiger partial charge in [-0.2, -0.15) is 9.37 Å². The Balaban J connectivity index is 1.91. The fourth-order valence-corrected chi connectivity index (χ4v) is 3.28. The third-order valence-corrected chi connectivity index (χ3v) is 4.89. The third-order valence-electron chi connectivity index (χ3n) is 3.54. The molecular weight excluding hydrogens is 339 g/mol. The molecule has 0 saturated carbocycles. The van der Waals surface area contributed by atoms with Crippen molar-refractivity contribution < 1.29 is 9.13 Å². The lowest BCUT2D eigenvalue weighted by atomic mass is 10.1. The number of benzene rings is 1. The second-order valence-electron chi connectivity index (χ2n) is 5.98. The first-order chi connectivity index (χ1) is 12.0. The van der Waals surface area contributed by atoms with Crippen molar-refractivity contribution in [1.82, 2.24) is 15.0 Å². The van der Waals surface area contributed by atoms with E-state index in [1.165, 1.54) is 7.11 Å². The van der Waals surface area contributed by atoms with E-state index in [1.807, 2.05) is 25.3 Å². The molecule has 0 radical (unpaired) electrons. The van der Waals surface area contributed by atoms with E-state index in [2.05, 4.69) is 40.2 Å². The predicted octanol–water partition coefficient (Wildman–Crippen LogP) is 4.92. The summed E-state index contributed by atoms with van der Waals surface area (Å²) in [6.07, 6.45) is 2.99. The summed E-state index contributed by atoms with van der Waals surface area (Å²) in [5.41, 5.74) is 2.98. The second-order valence-corrected chi connectivity index (χ2v) is 7.04. The van der Waals surface area contributed by atoms with Crippen LogP contribution in [-0.4, -0.2) is 22.1 Å². The van der Waals surface area contributed by atoms with Gasteiger partial charge in [0, 0.05) is 17.8 Å². The van der Waals surface area contributed by atoms with E-state index in [4.69, 9.17) is 4.74 Å². The van der Waals surface area contributed by atoms with E-state index < -0.39 is 5.82 Å². The quantitative estimate of drug-likeness (QED) is 0.701. The van der Waals surface area contributed by atoms with E-state index in [-0.39, 0.29) is 11.8 Å². The van der Waals surface area contributed by atoms with Crippen LogP contribution in [0.25, 0.3) is 10.4 Å². The smallest absolute Gasteiger partial charge is 0.255 e. The van der Waals surface area contributed by atoms with Crippen LogP contribution in [-0.2, 0) is 0 Å². The zero-order chi connectivity index (χ0) is 18.0. The lowest BCUT2D eigenvalue weighted by Crippen LogP contribution is -2.01. The second kappa shape index (κ2) is 7.14. The number of hydrogen-bond acceptors (Lipinski definition) is 6. The minimum absolute atomic E-state index is 0.0885. The largest absolute Gasteiger partial charge is 0.479 e. The normalized spacial score (nSPS) is 11.0. The number of aryl methyl sites for hydroxylation is 1. The first-order valence-corrected chi connectivity index (χ1v) is 8.69. The Bertz CT molecular complexity index is 895. The zero-order valence-corrected chi connectivity index (χ0v) is 15.3. The molecule has 0 spiro atoms. The van der Waals surface area contributed by atoms with Crippen molar-refractivity contribution in [3.05, 3.63) is 47.0 Å². The zero-order valence-electron chi connectivity index (χ0n) is 14.5. The highest BCUT2D eigenvalue weighted by molar-refractivity contribution is 7.15. The van der Waals surface area contributed by atoms with Gasteiger partial charge in [0.25, 0.3) is 5.88 Å². The van der Waals surface area contributed by atoms with Gasteiger partial charge in [-0.05, 0) is 30.2 Å². The molecule has 0 aliphatic rings. The molecule has 25 heavy (non-hydrogen) atoms. The number of nitrogens with one attached hydrogen (secondary N) is 1. The maximum absolute atomic E-state index is 13.4. The van der Waals surface area contributed by atoms with Crippen LogP contribution in [0, 0.1) is 12.7 Å². The number of ether oxygens (including phenoxy) is 1. The van der Waals surface area contributed by atoms with Crippen LogP contribution in [0.2, 0.25) is 0 Å². The Morgan fingerprint density at radius 2 is 1.96 bits per heavy atom. The van der Waals surface area contributed by atoms with Gasteiger partial charge in [0.05, 0.1) is 23.2 Å². The van der Waals surface area contributed by atoms with Crippen molar-refractivity contribution in [2.75, 3.05) is 12.4 Å². The molecule has 3 aromatic rings. The molecule has 5 nitrogen and oxygen atoms in total. The fraction of sp³-hybridized carbons (Fsp3) is 0.278. The lowest BCUT2D eigenvalue weighted by Gasteiger charge is -2.09. The van der Waals surface area contributed by atoms with Gasteiger partial charge < -0.3 is 10.1 Å². The molecular formula is C18H19FN4OS. The number of nitrogens with zero attached hydrogens (tertiary/aromatic N) is 3. The number of thiazole rings is 1. The Morgan fingerprint density at radius 1 is 1.16 bits per heavy atom. The molecule has 2 heterocycles. The summed E-state index contributed by atoms with van der Waals surface area (Å²) in [5.74, 6) is 0.00136. The lowest BCUT2D eigenvalue weighted by molar-refractivity contribution is 0.368. The highest BCUT2D eigenvalue weighted by Crippen LogP contribution is 2.32. The van der Waals surface area contributed by atoms with Crippen LogP contribution in [0.1, 0.15) is 30.3 Å². The summed E-state index contributed by atoms with van der Waals surface area (Å²) >= 11 is 1.69. The molecule has 2 aromatic heterocycles. The molecule has 130 valence electrons. The molecule has 1 N–H and O–H groups in total. The van der Waals surface area contributed by atoms with E-state index in [1.54, 1.807) is 11.3 Å². The van der Waals surface area contributed by atoms with Crippen molar-refractivity contribution in [1.29, 1.82) is 0 Å². The Kier molecular flexibility index (Phi) is 4.94. The van der Waals surface area contributed by atoms with Crippen LogP contribution in [0.5, 0.6) is 5.88 Å². The number of methoxy groups -OCH3 is 1. The van der Waals surface area contributed by atoms with Gasteiger partial charge in [-0.15, -0.1) is 11.3 Å². The summed E-state index contributed by atoms with van der Waals surface area (Å²) in [7, 11) is 1.37. The van der Waals surface area contributed by atoms with Gasteiger partial charge in [-0.1, -0.05) is 19.9 Å². The maximum Gasteiger partial charge on any atom is 0.255 e. The molecule has 0 amide bonds. The van der Waals surface area contributed by atoms with Crippen molar-refractivity contribution in [3.63, 3.8) is 0 Å². The number of anilines is 2. The molecule has 0 unspecified atom stereocenters. The first kappa shape index (κ1) is 17.3. The first-order valence-electron chi connectivity index (χ1n) is 7.87. The van der Waals surface area contributed by atoms with Crippen LogP contribution in [0.15, 0.2) is 30.6 Å². The van der Waals surface area contributed by atoms with E-state index >= 15 is 0 Å². The van der Waals surface area contributed by atoms with E-state index in [0.717, 1.165) is 32.9 Å².